The van der Waals surface area contributed by atoms with Crippen molar-refractivity contribution in [2.45, 2.75) is 25.4 Å². The topological polar surface area (TPSA) is 77.1 Å². The molecular formula is C26H25N5OS. The average Bonchev–Trinajstić information content (AvgIpc) is 3.59. The van der Waals surface area contributed by atoms with E-state index in [-0.39, 0.29) is 6.61 Å². The standard InChI is InChI=1S/C26H25N5OS/c32-15-21-2-1-11-31(21)14-17-3-5-18(6-4-17)24-13-23-25(33-24)26(29-16-28-23)30-20-7-8-22-19(12-20)9-10-27-22/h3-10,12-13,16,21,27,32H,1-2,11,14-15H2,(H,28,29,30). The number of thiophene rings is 1. The summed E-state index contributed by atoms with van der Waals surface area (Å²) in [4.78, 5) is 15.8. The lowest BCUT2D eigenvalue weighted by atomic mass is 10.1. The van der Waals surface area contributed by atoms with Crippen LogP contribution in [0.15, 0.2) is 67.1 Å². The molecule has 0 saturated carbocycles. The molecule has 0 radical (unpaired) electrons. The molecule has 0 bridgehead atoms. The Morgan fingerprint density at radius 3 is 2.88 bits per heavy atom. The van der Waals surface area contributed by atoms with E-state index in [0.29, 0.717) is 6.04 Å². The first-order valence-corrected chi connectivity index (χ1v) is 12.1. The number of aliphatic hydroxyl groups excluding tert-OH is 1. The van der Waals surface area contributed by atoms with E-state index < -0.39 is 0 Å². The zero-order chi connectivity index (χ0) is 22.2. The van der Waals surface area contributed by atoms with Gasteiger partial charge in [-0.25, -0.2) is 9.97 Å². The van der Waals surface area contributed by atoms with Crippen LogP contribution in [-0.2, 0) is 6.54 Å². The maximum atomic E-state index is 9.57. The van der Waals surface area contributed by atoms with Gasteiger partial charge in [-0.1, -0.05) is 24.3 Å². The molecule has 3 N–H and O–H groups in total. The zero-order valence-electron chi connectivity index (χ0n) is 18.2. The highest BCUT2D eigenvalue weighted by Crippen LogP contribution is 2.37. The monoisotopic (exact) mass is 455 g/mol. The molecule has 1 atom stereocenters. The van der Waals surface area contributed by atoms with Crippen LogP contribution in [0.4, 0.5) is 11.5 Å². The van der Waals surface area contributed by atoms with Crippen molar-refractivity contribution < 1.29 is 5.11 Å². The summed E-state index contributed by atoms with van der Waals surface area (Å²) < 4.78 is 1.05. The molecule has 1 aliphatic rings. The summed E-state index contributed by atoms with van der Waals surface area (Å²) in [6.45, 7) is 2.20. The molecule has 3 aromatic heterocycles. The molecule has 1 unspecified atom stereocenters. The molecular weight excluding hydrogens is 430 g/mol. The van der Waals surface area contributed by atoms with E-state index >= 15 is 0 Å². The van der Waals surface area contributed by atoms with Crippen molar-refractivity contribution in [3.05, 3.63) is 72.7 Å². The predicted octanol–water partition coefficient (Wildman–Crippen LogP) is 5.54. The van der Waals surface area contributed by atoms with Gasteiger partial charge >= 0.3 is 0 Å². The Balaban J connectivity index is 1.25. The van der Waals surface area contributed by atoms with Crippen molar-refractivity contribution in [1.82, 2.24) is 19.9 Å². The van der Waals surface area contributed by atoms with E-state index in [1.807, 2.05) is 6.20 Å². The minimum atomic E-state index is 0.246. The van der Waals surface area contributed by atoms with Crippen LogP contribution in [-0.4, -0.2) is 44.2 Å². The molecule has 1 aliphatic heterocycles. The third-order valence-corrected chi connectivity index (χ3v) is 7.64. The molecule has 4 heterocycles. The van der Waals surface area contributed by atoms with E-state index in [0.717, 1.165) is 52.1 Å². The smallest absolute Gasteiger partial charge is 0.151 e. The maximum absolute atomic E-state index is 9.57. The fraction of sp³-hybridized carbons (Fsp3) is 0.231. The number of rotatable bonds is 6. The maximum Gasteiger partial charge on any atom is 0.151 e. The van der Waals surface area contributed by atoms with Gasteiger partial charge in [-0.2, -0.15) is 0 Å². The summed E-state index contributed by atoms with van der Waals surface area (Å²) in [5.74, 6) is 0.826. The van der Waals surface area contributed by atoms with Crippen LogP contribution in [0, 0.1) is 0 Å². The van der Waals surface area contributed by atoms with Crippen molar-refractivity contribution in [2.75, 3.05) is 18.5 Å². The molecule has 7 heteroatoms. The first kappa shape index (κ1) is 20.4. The lowest BCUT2D eigenvalue weighted by molar-refractivity contribution is 0.153. The minimum absolute atomic E-state index is 0.246. The molecule has 2 aromatic carbocycles. The second kappa shape index (κ2) is 8.59. The van der Waals surface area contributed by atoms with Crippen LogP contribution < -0.4 is 5.32 Å². The SMILES string of the molecule is OCC1CCCN1Cc1ccc(-c2cc3ncnc(Nc4ccc5[nH]ccc5c4)c3s2)cc1. The van der Waals surface area contributed by atoms with E-state index in [2.05, 4.69) is 79.8 Å². The molecule has 1 fully saturated rings. The summed E-state index contributed by atoms with van der Waals surface area (Å²) in [5.41, 5.74) is 5.53. The lowest BCUT2D eigenvalue weighted by Crippen LogP contribution is -2.31. The van der Waals surface area contributed by atoms with Crippen LogP contribution in [0.2, 0.25) is 0 Å². The average molecular weight is 456 g/mol. The number of nitrogens with one attached hydrogen (secondary N) is 2. The van der Waals surface area contributed by atoms with Crippen LogP contribution in [0.3, 0.4) is 0 Å². The Morgan fingerprint density at radius 2 is 2.00 bits per heavy atom. The second-order valence-corrected chi connectivity index (χ2v) is 9.65. The minimum Gasteiger partial charge on any atom is -0.395 e. The number of likely N-dealkylation sites (tertiary alicyclic amines) is 1. The number of fused-ring (bicyclic) bond motifs is 2. The summed E-state index contributed by atoms with van der Waals surface area (Å²) in [7, 11) is 0. The lowest BCUT2D eigenvalue weighted by Gasteiger charge is -2.22. The van der Waals surface area contributed by atoms with Gasteiger partial charge in [0.15, 0.2) is 5.82 Å². The molecule has 1 saturated heterocycles. The van der Waals surface area contributed by atoms with Gasteiger partial charge in [0.1, 0.15) is 6.33 Å². The van der Waals surface area contributed by atoms with Crippen LogP contribution in [0.25, 0.3) is 31.6 Å². The van der Waals surface area contributed by atoms with E-state index in [9.17, 15) is 5.11 Å². The highest BCUT2D eigenvalue weighted by atomic mass is 32.1. The van der Waals surface area contributed by atoms with Gasteiger partial charge in [0.25, 0.3) is 0 Å². The van der Waals surface area contributed by atoms with Crippen molar-refractivity contribution in [3.8, 4) is 10.4 Å². The number of nitrogens with zero attached hydrogens (tertiary/aromatic N) is 3. The van der Waals surface area contributed by atoms with Gasteiger partial charge in [0, 0.05) is 40.3 Å². The first-order valence-electron chi connectivity index (χ1n) is 11.3. The number of H-pyrrole nitrogens is 1. The quantitative estimate of drug-likeness (QED) is 0.313. The van der Waals surface area contributed by atoms with Gasteiger partial charge in [0.2, 0.25) is 0 Å². The number of aliphatic hydroxyl groups is 1. The second-order valence-electron chi connectivity index (χ2n) is 8.60. The normalized spacial score (nSPS) is 16.7. The number of anilines is 2. The first-order chi connectivity index (χ1) is 16.3. The zero-order valence-corrected chi connectivity index (χ0v) is 19.0. The van der Waals surface area contributed by atoms with Crippen molar-refractivity contribution in [2.24, 2.45) is 0 Å². The Bertz CT molecular complexity index is 1410. The van der Waals surface area contributed by atoms with E-state index in [4.69, 9.17) is 0 Å². The Labute approximate surface area is 195 Å². The largest absolute Gasteiger partial charge is 0.395 e. The fourth-order valence-electron chi connectivity index (χ4n) is 4.67. The molecule has 0 amide bonds. The highest BCUT2D eigenvalue weighted by Gasteiger charge is 2.23. The van der Waals surface area contributed by atoms with Gasteiger partial charge in [-0.3, -0.25) is 4.90 Å². The van der Waals surface area contributed by atoms with Gasteiger partial charge in [-0.05, 0) is 60.8 Å². The summed E-state index contributed by atoms with van der Waals surface area (Å²) >= 11 is 1.71. The molecule has 6 rings (SSSR count). The van der Waals surface area contributed by atoms with Crippen LogP contribution in [0.1, 0.15) is 18.4 Å². The van der Waals surface area contributed by atoms with Crippen LogP contribution >= 0.6 is 11.3 Å². The molecule has 5 aromatic rings. The molecule has 0 aliphatic carbocycles. The summed E-state index contributed by atoms with van der Waals surface area (Å²) in [6, 6.07) is 19.5. The number of aromatic amines is 1. The van der Waals surface area contributed by atoms with Gasteiger partial charge < -0.3 is 15.4 Å². The number of hydrogen-bond acceptors (Lipinski definition) is 6. The van der Waals surface area contributed by atoms with Crippen molar-refractivity contribution >= 4 is 44.0 Å². The fourth-order valence-corrected chi connectivity index (χ4v) is 5.73. The number of aromatic nitrogens is 3. The number of hydrogen-bond donors (Lipinski definition) is 3. The Hall–Kier alpha value is -3.26. The summed E-state index contributed by atoms with van der Waals surface area (Å²) in [6.07, 6.45) is 5.82. The Morgan fingerprint density at radius 1 is 1.09 bits per heavy atom. The highest BCUT2D eigenvalue weighted by molar-refractivity contribution is 7.22. The van der Waals surface area contributed by atoms with Crippen molar-refractivity contribution in [3.63, 3.8) is 0 Å². The third-order valence-electron chi connectivity index (χ3n) is 6.46. The molecule has 166 valence electrons. The van der Waals surface area contributed by atoms with E-state index in [1.54, 1.807) is 17.7 Å². The molecule has 6 nitrogen and oxygen atoms in total. The van der Waals surface area contributed by atoms with Crippen molar-refractivity contribution in [1.29, 1.82) is 0 Å². The third kappa shape index (κ3) is 3.99. The number of benzene rings is 2. The van der Waals surface area contributed by atoms with Gasteiger partial charge in [-0.15, -0.1) is 11.3 Å². The molecule has 33 heavy (non-hydrogen) atoms. The summed E-state index contributed by atoms with van der Waals surface area (Å²) in [5, 5.41) is 14.2. The Kier molecular flexibility index (Phi) is 5.30. The van der Waals surface area contributed by atoms with Gasteiger partial charge in [0.05, 0.1) is 16.8 Å². The predicted molar refractivity (Wildman–Crippen MR) is 135 cm³/mol. The van der Waals surface area contributed by atoms with E-state index in [1.165, 1.54) is 22.4 Å². The van der Waals surface area contributed by atoms with Crippen LogP contribution in [0.5, 0.6) is 0 Å². The molecule has 0 spiro atoms.